The Morgan fingerprint density at radius 2 is 1.91 bits per heavy atom. The summed E-state index contributed by atoms with van der Waals surface area (Å²) in [5, 5.41) is 11.7. The minimum atomic E-state index is -1.11. The van der Waals surface area contributed by atoms with E-state index in [0.717, 1.165) is 6.42 Å². The van der Waals surface area contributed by atoms with Gasteiger partial charge in [-0.1, -0.05) is 37.3 Å². The highest BCUT2D eigenvalue weighted by molar-refractivity contribution is 5.84. The van der Waals surface area contributed by atoms with Crippen LogP contribution in [-0.2, 0) is 17.6 Å². The van der Waals surface area contributed by atoms with Crippen LogP contribution in [0, 0.1) is 5.92 Å². The molecule has 0 saturated carbocycles. The van der Waals surface area contributed by atoms with Gasteiger partial charge in [-0.05, 0) is 24.1 Å². The van der Waals surface area contributed by atoms with Crippen LogP contribution in [0.2, 0.25) is 0 Å². The van der Waals surface area contributed by atoms with Gasteiger partial charge in [0.05, 0.1) is 0 Å². The van der Waals surface area contributed by atoms with Crippen LogP contribution in [0.5, 0.6) is 0 Å². The van der Waals surface area contributed by atoms with Crippen LogP contribution in [0.25, 0.3) is 0 Å². The number of nitrogens with one attached hydrogen (secondary N) is 1. The molecule has 1 aromatic carbocycles. The predicted octanol–water partition coefficient (Wildman–Crippen LogP) is 2.52. The number of carboxylic acids is 1. The molecule has 5 nitrogen and oxygen atoms in total. The lowest BCUT2D eigenvalue weighted by molar-refractivity contribution is -0.124. The summed E-state index contributed by atoms with van der Waals surface area (Å²) in [6, 6.07) is 12.9. The Bertz CT molecular complexity index is 633. The molecule has 5 heteroatoms. The van der Waals surface area contributed by atoms with Gasteiger partial charge in [-0.2, -0.15) is 0 Å². The van der Waals surface area contributed by atoms with Gasteiger partial charge >= 0.3 is 5.97 Å². The zero-order valence-corrected chi connectivity index (χ0v) is 12.4. The number of furan rings is 1. The van der Waals surface area contributed by atoms with Crippen molar-refractivity contribution in [2.75, 3.05) is 6.54 Å². The molecule has 1 aromatic heterocycles. The van der Waals surface area contributed by atoms with E-state index in [2.05, 4.69) is 5.32 Å². The van der Waals surface area contributed by atoms with Gasteiger partial charge in [-0.15, -0.1) is 0 Å². The third kappa shape index (κ3) is 4.48. The van der Waals surface area contributed by atoms with Gasteiger partial charge in [-0.3, -0.25) is 4.79 Å². The molecule has 1 heterocycles. The maximum atomic E-state index is 12.0. The van der Waals surface area contributed by atoms with Crippen molar-refractivity contribution in [1.82, 2.24) is 5.32 Å². The van der Waals surface area contributed by atoms with E-state index in [9.17, 15) is 9.59 Å². The molecule has 0 fully saturated rings. The maximum absolute atomic E-state index is 12.0. The fourth-order valence-corrected chi connectivity index (χ4v) is 2.15. The molecule has 116 valence electrons. The largest absolute Gasteiger partial charge is 0.475 e. The molecule has 0 saturated heterocycles. The van der Waals surface area contributed by atoms with E-state index in [0.29, 0.717) is 18.7 Å². The quantitative estimate of drug-likeness (QED) is 0.823. The Hall–Kier alpha value is -2.56. The number of carboxylic acid groups (broad SMARTS) is 1. The smallest absolute Gasteiger partial charge is 0.371 e. The summed E-state index contributed by atoms with van der Waals surface area (Å²) in [6.07, 6.45) is 1.16. The first-order valence-corrected chi connectivity index (χ1v) is 7.20. The highest BCUT2D eigenvalue weighted by atomic mass is 16.4. The lowest BCUT2D eigenvalue weighted by Crippen LogP contribution is -2.31. The Morgan fingerprint density at radius 1 is 1.18 bits per heavy atom. The summed E-state index contributed by atoms with van der Waals surface area (Å²) in [5.41, 5.74) is 1.17. The SMILES string of the molecule is CC(Cc1ccc(C(=O)O)o1)C(=O)NCCc1ccccc1. The molecule has 2 rings (SSSR count). The molecule has 1 unspecified atom stereocenters. The van der Waals surface area contributed by atoms with Gasteiger partial charge in [0.2, 0.25) is 11.7 Å². The number of carbonyl (C=O) groups is 2. The molecule has 2 N–H and O–H groups in total. The van der Waals surface area contributed by atoms with Gasteiger partial charge in [0.1, 0.15) is 5.76 Å². The van der Waals surface area contributed by atoms with Crippen LogP contribution in [0.3, 0.4) is 0 Å². The zero-order chi connectivity index (χ0) is 15.9. The van der Waals surface area contributed by atoms with Crippen molar-refractivity contribution in [1.29, 1.82) is 0 Å². The molecule has 0 aliphatic heterocycles. The minimum Gasteiger partial charge on any atom is -0.475 e. The summed E-state index contributed by atoms with van der Waals surface area (Å²) in [6.45, 7) is 2.37. The van der Waals surface area contributed by atoms with E-state index in [-0.39, 0.29) is 17.6 Å². The zero-order valence-electron chi connectivity index (χ0n) is 12.4. The lowest BCUT2D eigenvalue weighted by Gasteiger charge is -2.11. The highest BCUT2D eigenvalue weighted by Crippen LogP contribution is 2.13. The Labute approximate surface area is 129 Å². The van der Waals surface area contributed by atoms with Crippen LogP contribution >= 0.6 is 0 Å². The first kappa shape index (κ1) is 15.8. The summed E-state index contributed by atoms with van der Waals surface area (Å²) in [4.78, 5) is 22.7. The molecule has 0 spiro atoms. The van der Waals surface area contributed by atoms with Crippen molar-refractivity contribution < 1.29 is 19.1 Å². The fraction of sp³-hybridized carbons (Fsp3) is 0.294. The van der Waals surface area contributed by atoms with Crippen LogP contribution < -0.4 is 5.32 Å². The van der Waals surface area contributed by atoms with E-state index in [1.165, 1.54) is 11.6 Å². The van der Waals surface area contributed by atoms with Gasteiger partial charge in [0, 0.05) is 18.9 Å². The maximum Gasteiger partial charge on any atom is 0.371 e. The van der Waals surface area contributed by atoms with E-state index >= 15 is 0 Å². The first-order chi connectivity index (χ1) is 10.6. The third-order valence-corrected chi connectivity index (χ3v) is 3.38. The topological polar surface area (TPSA) is 79.5 Å². The van der Waals surface area contributed by atoms with Crippen molar-refractivity contribution in [3.05, 3.63) is 59.5 Å². The van der Waals surface area contributed by atoms with E-state index in [1.54, 1.807) is 13.0 Å². The minimum absolute atomic E-state index is 0.0655. The van der Waals surface area contributed by atoms with E-state index < -0.39 is 5.97 Å². The number of amides is 1. The summed E-state index contributed by atoms with van der Waals surface area (Å²) in [7, 11) is 0. The van der Waals surface area contributed by atoms with Crippen molar-refractivity contribution in [2.45, 2.75) is 19.8 Å². The molecule has 2 aromatic rings. The average molecular weight is 301 g/mol. The first-order valence-electron chi connectivity index (χ1n) is 7.20. The number of benzene rings is 1. The Morgan fingerprint density at radius 3 is 2.55 bits per heavy atom. The normalized spacial score (nSPS) is 11.9. The molecule has 0 bridgehead atoms. The second-order valence-electron chi connectivity index (χ2n) is 5.20. The fourth-order valence-electron chi connectivity index (χ4n) is 2.15. The van der Waals surface area contributed by atoms with E-state index in [4.69, 9.17) is 9.52 Å². The number of hydrogen-bond acceptors (Lipinski definition) is 3. The molecule has 0 aliphatic rings. The second-order valence-corrected chi connectivity index (χ2v) is 5.20. The van der Waals surface area contributed by atoms with Crippen LogP contribution in [0.15, 0.2) is 46.9 Å². The van der Waals surface area contributed by atoms with Gasteiger partial charge in [-0.25, -0.2) is 4.79 Å². The average Bonchev–Trinajstić information content (AvgIpc) is 2.97. The summed E-state index contributed by atoms with van der Waals surface area (Å²) in [5.74, 6) is -1.05. The lowest BCUT2D eigenvalue weighted by atomic mass is 10.1. The monoisotopic (exact) mass is 301 g/mol. The van der Waals surface area contributed by atoms with Crippen molar-refractivity contribution in [2.24, 2.45) is 5.92 Å². The molecule has 1 amide bonds. The second kappa shape index (κ2) is 7.45. The van der Waals surface area contributed by atoms with Crippen molar-refractivity contribution in [3.8, 4) is 0 Å². The number of aromatic carboxylic acids is 1. The predicted molar refractivity (Wildman–Crippen MR) is 81.7 cm³/mol. The number of carbonyl (C=O) groups excluding carboxylic acids is 1. The summed E-state index contributed by atoms with van der Waals surface area (Å²) >= 11 is 0. The van der Waals surface area contributed by atoms with Crippen molar-refractivity contribution in [3.63, 3.8) is 0 Å². The molecule has 0 aliphatic carbocycles. The Balaban J connectivity index is 1.77. The van der Waals surface area contributed by atoms with Crippen LogP contribution in [-0.4, -0.2) is 23.5 Å². The molecular formula is C17H19NO4. The number of rotatable bonds is 7. The molecule has 1 atom stereocenters. The molecule has 22 heavy (non-hydrogen) atoms. The number of hydrogen-bond donors (Lipinski definition) is 2. The molecule has 0 radical (unpaired) electrons. The van der Waals surface area contributed by atoms with Crippen LogP contribution in [0.1, 0.15) is 28.8 Å². The van der Waals surface area contributed by atoms with Gasteiger partial charge in [0.15, 0.2) is 0 Å². The third-order valence-electron chi connectivity index (χ3n) is 3.38. The highest BCUT2D eigenvalue weighted by Gasteiger charge is 2.16. The summed E-state index contributed by atoms with van der Waals surface area (Å²) < 4.78 is 5.16. The Kier molecular flexibility index (Phi) is 5.36. The van der Waals surface area contributed by atoms with Crippen molar-refractivity contribution >= 4 is 11.9 Å². The van der Waals surface area contributed by atoms with Crippen LogP contribution in [0.4, 0.5) is 0 Å². The van der Waals surface area contributed by atoms with E-state index in [1.807, 2.05) is 30.3 Å². The molecular weight excluding hydrogens is 282 g/mol. The van der Waals surface area contributed by atoms with Gasteiger partial charge < -0.3 is 14.8 Å². The standard InChI is InChI=1S/C17H19NO4/c1-12(11-14-7-8-15(22-14)17(20)21)16(19)18-10-9-13-5-3-2-4-6-13/h2-8,12H,9-11H2,1H3,(H,18,19)(H,20,21). The van der Waals surface area contributed by atoms with Gasteiger partial charge in [0.25, 0.3) is 0 Å².